The van der Waals surface area contributed by atoms with E-state index in [2.05, 4.69) is 10.3 Å². The average molecular weight is 431 g/mol. The molecule has 32 heavy (non-hydrogen) atoms. The summed E-state index contributed by atoms with van der Waals surface area (Å²) in [5.41, 5.74) is 2.13. The third-order valence-corrected chi connectivity index (χ3v) is 5.37. The van der Waals surface area contributed by atoms with Crippen molar-refractivity contribution in [2.45, 2.75) is 18.9 Å². The first kappa shape index (κ1) is 21.4. The quantitative estimate of drug-likeness (QED) is 0.610. The number of aromatic nitrogens is 1. The van der Waals surface area contributed by atoms with Gasteiger partial charge in [-0.15, -0.1) is 0 Å². The number of methoxy groups -OCH3 is 1. The summed E-state index contributed by atoms with van der Waals surface area (Å²) in [6, 6.07) is 19.8. The molecular weight excluding hydrogens is 406 g/mol. The molecule has 1 unspecified atom stereocenters. The molecule has 0 aliphatic carbocycles. The number of hydrogen-bond acceptors (Lipinski definition) is 5. The number of carbonyl (C=O) groups is 2. The second-order valence-electron chi connectivity index (χ2n) is 7.50. The number of ether oxygens (including phenoxy) is 2. The van der Waals surface area contributed by atoms with Gasteiger partial charge in [-0.05, 0) is 61.4 Å². The summed E-state index contributed by atoms with van der Waals surface area (Å²) in [6.07, 6.45) is 3.62. The maximum absolute atomic E-state index is 13.0. The Labute approximate surface area is 187 Å². The van der Waals surface area contributed by atoms with Crippen LogP contribution in [-0.2, 0) is 4.79 Å². The highest BCUT2D eigenvalue weighted by Gasteiger charge is 2.31. The van der Waals surface area contributed by atoms with E-state index in [0.717, 1.165) is 18.5 Å². The van der Waals surface area contributed by atoms with Crippen LogP contribution in [0.4, 0.5) is 5.69 Å². The minimum absolute atomic E-state index is 0.0000619. The number of anilines is 1. The Balaban J connectivity index is 1.33. The molecule has 3 aromatic rings. The standard InChI is InChI=1S/C25H25N3O4/c1-31-21-7-4-6-19(16-21)27-24(29)17-32-20-12-10-18(11-13-20)25(30)28-15-5-9-23(28)22-8-2-3-14-26-22/h2-4,6-8,10-14,16,23H,5,9,15,17H2,1H3,(H,27,29). The van der Waals surface area contributed by atoms with Crippen molar-refractivity contribution < 1.29 is 19.1 Å². The van der Waals surface area contributed by atoms with Crippen molar-refractivity contribution in [2.24, 2.45) is 0 Å². The molecule has 1 N–H and O–H groups in total. The number of nitrogens with one attached hydrogen (secondary N) is 1. The van der Waals surface area contributed by atoms with Gasteiger partial charge in [0.05, 0.1) is 18.8 Å². The molecule has 164 valence electrons. The van der Waals surface area contributed by atoms with E-state index in [-0.39, 0.29) is 24.5 Å². The fourth-order valence-electron chi connectivity index (χ4n) is 3.80. The SMILES string of the molecule is COc1cccc(NC(=O)COc2ccc(C(=O)N3CCCC3c3ccccn3)cc2)c1. The predicted octanol–water partition coefficient (Wildman–Crippen LogP) is 4.09. The van der Waals surface area contributed by atoms with Crippen molar-refractivity contribution in [3.63, 3.8) is 0 Å². The van der Waals surface area contributed by atoms with Crippen molar-refractivity contribution in [2.75, 3.05) is 25.6 Å². The van der Waals surface area contributed by atoms with Gasteiger partial charge in [-0.25, -0.2) is 0 Å². The first-order valence-corrected chi connectivity index (χ1v) is 10.5. The number of amides is 2. The summed E-state index contributed by atoms with van der Waals surface area (Å²) >= 11 is 0. The first-order valence-electron chi connectivity index (χ1n) is 10.5. The Morgan fingerprint density at radius 1 is 1.06 bits per heavy atom. The zero-order valence-corrected chi connectivity index (χ0v) is 17.9. The van der Waals surface area contributed by atoms with Crippen LogP contribution in [0.3, 0.4) is 0 Å². The van der Waals surface area contributed by atoms with Gasteiger partial charge in [0.15, 0.2) is 6.61 Å². The maximum Gasteiger partial charge on any atom is 0.262 e. The molecule has 1 aliphatic rings. The lowest BCUT2D eigenvalue weighted by Gasteiger charge is -2.24. The van der Waals surface area contributed by atoms with Crippen LogP contribution in [0.2, 0.25) is 0 Å². The zero-order chi connectivity index (χ0) is 22.3. The van der Waals surface area contributed by atoms with Gasteiger partial charge < -0.3 is 19.7 Å². The van der Waals surface area contributed by atoms with Gasteiger partial charge in [-0.1, -0.05) is 12.1 Å². The van der Waals surface area contributed by atoms with Crippen molar-refractivity contribution in [1.82, 2.24) is 9.88 Å². The number of pyridine rings is 1. The molecule has 2 heterocycles. The molecule has 7 nitrogen and oxygen atoms in total. The summed E-state index contributed by atoms with van der Waals surface area (Å²) in [4.78, 5) is 31.5. The van der Waals surface area contributed by atoms with Crippen LogP contribution in [0.25, 0.3) is 0 Å². The summed E-state index contributed by atoms with van der Waals surface area (Å²) in [5, 5.41) is 2.76. The van der Waals surface area contributed by atoms with E-state index >= 15 is 0 Å². The van der Waals surface area contributed by atoms with Crippen LogP contribution >= 0.6 is 0 Å². The van der Waals surface area contributed by atoms with Crippen LogP contribution < -0.4 is 14.8 Å². The first-order chi connectivity index (χ1) is 15.6. The fraction of sp³-hybridized carbons (Fsp3) is 0.240. The Bertz CT molecular complexity index is 1070. The highest BCUT2D eigenvalue weighted by molar-refractivity contribution is 5.95. The molecule has 0 spiro atoms. The van der Waals surface area contributed by atoms with Crippen molar-refractivity contribution in [3.8, 4) is 11.5 Å². The Morgan fingerprint density at radius 2 is 1.91 bits per heavy atom. The number of benzene rings is 2. The lowest BCUT2D eigenvalue weighted by molar-refractivity contribution is -0.118. The highest BCUT2D eigenvalue weighted by Crippen LogP contribution is 2.32. The van der Waals surface area contributed by atoms with Gasteiger partial charge in [0, 0.05) is 30.1 Å². The zero-order valence-electron chi connectivity index (χ0n) is 17.9. The van der Waals surface area contributed by atoms with Gasteiger partial charge in [0.1, 0.15) is 11.5 Å². The van der Waals surface area contributed by atoms with E-state index in [1.807, 2.05) is 23.1 Å². The monoisotopic (exact) mass is 431 g/mol. The molecule has 1 aromatic heterocycles. The summed E-state index contributed by atoms with van der Waals surface area (Å²) in [6.45, 7) is 0.571. The normalized spacial score (nSPS) is 15.3. The molecule has 1 fully saturated rings. The highest BCUT2D eigenvalue weighted by atomic mass is 16.5. The largest absolute Gasteiger partial charge is 0.497 e. The van der Waals surface area contributed by atoms with Gasteiger partial charge in [-0.2, -0.15) is 0 Å². The summed E-state index contributed by atoms with van der Waals surface area (Å²) in [5.74, 6) is 0.867. The molecule has 0 bridgehead atoms. The van der Waals surface area contributed by atoms with Gasteiger partial charge in [0.2, 0.25) is 0 Å². The Kier molecular flexibility index (Phi) is 6.65. The fourth-order valence-corrected chi connectivity index (χ4v) is 3.80. The Hall–Kier alpha value is -3.87. The summed E-state index contributed by atoms with van der Waals surface area (Å²) < 4.78 is 10.7. The number of nitrogens with zero attached hydrogens (tertiary/aromatic N) is 2. The number of likely N-dealkylation sites (tertiary alicyclic amines) is 1. The minimum atomic E-state index is -0.284. The molecule has 2 aromatic carbocycles. The van der Waals surface area contributed by atoms with Gasteiger partial charge in [0.25, 0.3) is 11.8 Å². The Morgan fingerprint density at radius 3 is 2.66 bits per heavy atom. The van der Waals surface area contributed by atoms with E-state index in [1.54, 1.807) is 61.8 Å². The van der Waals surface area contributed by atoms with Crippen LogP contribution in [-0.4, -0.2) is 42.0 Å². The van der Waals surface area contributed by atoms with E-state index in [0.29, 0.717) is 29.3 Å². The molecule has 1 atom stereocenters. The predicted molar refractivity (Wildman–Crippen MR) is 121 cm³/mol. The average Bonchev–Trinajstić information content (AvgIpc) is 3.33. The number of hydrogen-bond donors (Lipinski definition) is 1. The van der Waals surface area contributed by atoms with Crippen LogP contribution in [0.15, 0.2) is 72.9 Å². The minimum Gasteiger partial charge on any atom is -0.497 e. The molecule has 2 amide bonds. The van der Waals surface area contributed by atoms with Crippen molar-refractivity contribution >= 4 is 17.5 Å². The molecule has 1 saturated heterocycles. The molecular formula is C25H25N3O4. The second-order valence-corrected chi connectivity index (χ2v) is 7.50. The lowest BCUT2D eigenvalue weighted by Crippen LogP contribution is -2.30. The number of carbonyl (C=O) groups excluding carboxylic acids is 2. The van der Waals surface area contributed by atoms with E-state index in [1.165, 1.54) is 0 Å². The van der Waals surface area contributed by atoms with Crippen LogP contribution in [0, 0.1) is 0 Å². The smallest absolute Gasteiger partial charge is 0.262 e. The van der Waals surface area contributed by atoms with Crippen LogP contribution in [0.1, 0.15) is 34.9 Å². The van der Waals surface area contributed by atoms with E-state index < -0.39 is 0 Å². The van der Waals surface area contributed by atoms with Gasteiger partial charge >= 0.3 is 0 Å². The van der Waals surface area contributed by atoms with Crippen molar-refractivity contribution in [1.29, 1.82) is 0 Å². The molecule has 4 rings (SSSR count). The van der Waals surface area contributed by atoms with Crippen LogP contribution in [0.5, 0.6) is 11.5 Å². The van der Waals surface area contributed by atoms with E-state index in [9.17, 15) is 9.59 Å². The van der Waals surface area contributed by atoms with Crippen molar-refractivity contribution in [3.05, 3.63) is 84.2 Å². The third-order valence-electron chi connectivity index (χ3n) is 5.37. The molecule has 7 heteroatoms. The third kappa shape index (κ3) is 5.06. The molecule has 1 aliphatic heterocycles. The summed E-state index contributed by atoms with van der Waals surface area (Å²) in [7, 11) is 1.57. The van der Waals surface area contributed by atoms with E-state index in [4.69, 9.17) is 9.47 Å². The van der Waals surface area contributed by atoms with Gasteiger partial charge in [-0.3, -0.25) is 14.6 Å². The molecule has 0 radical (unpaired) electrons. The maximum atomic E-state index is 13.0. The number of rotatable bonds is 7. The topological polar surface area (TPSA) is 80.8 Å². The molecule has 0 saturated carbocycles. The lowest BCUT2D eigenvalue weighted by atomic mass is 10.1. The second kappa shape index (κ2) is 9.96.